The Balaban J connectivity index is 1.64. The van der Waals surface area contributed by atoms with Crippen LogP contribution in [0.2, 0.25) is 0 Å². The Hall–Kier alpha value is -2.30. The fourth-order valence-electron chi connectivity index (χ4n) is 2.59. The molecule has 1 fully saturated rings. The number of fused-ring (bicyclic) bond motifs is 1. The number of benzene rings is 1. The van der Waals surface area contributed by atoms with Crippen LogP contribution < -0.4 is 5.32 Å². The van der Waals surface area contributed by atoms with Crippen LogP contribution in [0.1, 0.15) is 12.0 Å². The molecule has 3 rings (SSSR count). The van der Waals surface area contributed by atoms with Crippen molar-refractivity contribution >= 4 is 22.7 Å². The van der Waals surface area contributed by atoms with E-state index in [4.69, 9.17) is 0 Å². The second-order valence-electron chi connectivity index (χ2n) is 5.02. The lowest BCUT2D eigenvalue weighted by atomic mass is 10.1. The molecule has 1 aromatic carbocycles. The number of hydrogen-bond donors (Lipinski definition) is 2. The Bertz CT molecular complexity index is 647. The number of piperazine rings is 1. The average Bonchev–Trinajstić information content (AvgIpc) is 2.88. The van der Waals surface area contributed by atoms with Gasteiger partial charge < -0.3 is 15.2 Å². The normalized spacial score (nSPS) is 15.4. The molecule has 0 bridgehead atoms. The third-order valence-corrected chi connectivity index (χ3v) is 3.67. The lowest BCUT2D eigenvalue weighted by molar-refractivity contribution is -0.138. The number of amides is 2. The van der Waals surface area contributed by atoms with Crippen LogP contribution in [-0.2, 0) is 16.0 Å². The van der Waals surface area contributed by atoms with Crippen molar-refractivity contribution < 1.29 is 9.59 Å². The minimum Gasteiger partial charge on any atom is -0.361 e. The molecule has 1 aliphatic heterocycles. The fraction of sp³-hybridized carbons (Fsp3) is 0.333. The van der Waals surface area contributed by atoms with Gasteiger partial charge in [0.15, 0.2) is 0 Å². The summed E-state index contributed by atoms with van der Waals surface area (Å²) in [6, 6.07) is 8.06. The number of carbonyl (C=O) groups excluding carboxylic acids is 2. The Morgan fingerprint density at radius 3 is 3.00 bits per heavy atom. The average molecular weight is 271 g/mol. The van der Waals surface area contributed by atoms with Crippen molar-refractivity contribution in [2.45, 2.75) is 12.8 Å². The van der Waals surface area contributed by atoms with Crippen LogP contribution in [0.4, 0.5) is 0 Å². The highest BCUT2D eigenvalue weighted by molar-refractivity contribution is 5.87. The first-order chi connectivity index (χ1) is 9.74. The zero-order valence-corrected chi connectivity index (χ0v) is 11.2. The maximum atomic E-state index is 12.1. The van der Waals surface area contributed by atoms with E-state index in [1.54, 1.807) is 4.90 Å². The van der Waals surface area contributed by atoms with E-state index in [1.165, 1.54) is 0 Å². The standard InChI is InChI=1S/C15H17N3O2/c19-14-10-18(8-7-16-14)15(20)6-5-11-9-17-13-4-2-1-3-12(11)13/h1-4,9,17H,5-8,10H2,(H,16,19). The van der Waals surface area contributed by atoms with E-state index in [-0.39, 0.29) is 18.4 Å². The summed E-state index contributed by atoms with van der Waals surface area (Å²) in [5, 5.41) is 3.89. The second-order valence-corrected chi connectivity index (χ2v) is 5.02. The summed E-state index contributed by atoms with van der Waals surface area (Å²) in [6.07, 6.45) is 3.09. The number of hydrogen-bond acceptors (Lipinski definition) is 2. The van der Waals surface area contributed by atoms with Gasteiger partial charge in [0.05, 0.1) is 6.54 Å². The van der Waals surface area contributed by atoms with Crippen LogP contribution in [-0.4, -0.2) is 41.3 Å². The third kappa shape index (κ3) is 2.52. The summed E-state index contributed by atoms with van der Waals surface area (Å²) in [7, 11) is 0. The molecular weight excluding hydrogens is 254 g/mol. The van der Waals surface area contributed by atoms with Gasteiger partial charge in [0.2, 0.25) is 11.8 Å². The van der Waals surface area contributed by atoms with Crippen molar-refractivity contribution in [1.82, 2.24) is 15.2 Å². The lowest BCUT2D eigenvalue weighted by Crippen LogP contribution is -2.50. The van der Waals surface area contributed by atoms with E-state index in [9.17, 15) is 9.59 Å². The fourth-order valence-corrected chi connectivity index (χ4v) is 2.59. The molecule has 0 atom stereocenters. The molecule has 2 N–H and O–H groups in total. The Morgan fingerprint density at radius 2 is 2.15 bits per heavy atom. The SMILES string of the molecule is O=C1CN(C(=O)CCc2c[nH]c3ccccc23)CCN1. The number of aromatic nitrogens is 1. The van der Waals surface area contributed by atoms with Gasteiger partial charge in [0, 0.05) is 36.6 Å². The van der Waals surface area contributed by atoms with Gasteiger partial charge in [0.1, 0.15) is 0 Å². The van der Waals surface area contributed by atoms with Gasteiger partial charge >= 0.3 is 0 Å². The number of aryl methyl sites for hydroxylation is 1. The third-order valence-electron chi connectivity index (χ3n) is 3.67. The number of nitrogens with one attached hydrogen (secondary N) is 2. The number of aromatic amines is 1. The van der Waals surface area contributed by atoms with E-state index < -0.39 is 0 Å². The Kier molecular flexibility index (Phi) is 3.41. The monoisotopic (exact) mass is 271 g/mol. The van der Waals surface area contributed by atoms with Crippen LogP contribution in [0.5, 0.6) is 0 Å². The first-order valence-corrected chi connectivity index (χ1v) is 6.83. The van der Waals surface area contributed by atoms with Crippen molar-refractivity contribution in [3.63, 3.8) is 0 Å². The van der Waals surface area contributed by atoms with Gasteiger partial charge in [0.25, 0.3) is 0 Å². The molecule has 2 aromatic rings. The van der Waals surface area contributed by atoms with Crippen molar-refractivity contribution in [3.8, 4) is 0 Å². The molecule has 20 heavy (non-hydrogen) atoms. The summed E-state index contributed by atoms with van der Waals surface area (Å²) in [5.74, 6) is -0.0261. The Labute approximate surface area is 117 Å². The van der Waals surface area contributed by atoms with Crippen molar-refractivity contribution in [3.05, 3.63) is 36.0 Å². The summed E-state index contributed by atoms with van der Waals surface area (Å²) < 4.78 is 0. The molecular formula is C15H17N3O2. The number of carbonyl (C=O) groups is 2. The predicted molar refractivity (Wildman–Crippen MR) is 76.2 cm³/mol. The molecule has 0 spiro atoms. The molecule has 2 heterocycles. The van der Waals surface area contributed by atoms with Gasteiger partial charge in [-0.3, -0.25) is 9.59 Å². The number of H-pyrrole nitrogens is 1. The van der Waals surface area contributed by atoms with E-state index in [2.05, 4.69) is 16.4 Å². The quantitative estimate of drug-likeness (QED) is 0.876. The molecule has 104 valence electrons. The van der Waals surface area contributed by atoms with Crippen molar-refractivity contribution in [2.75, 3.05) is 19.6 Å². The topological polar surface area (TPSA) is 65.2 Å². The van der Waals surface area contributed by atoms with Crippen molar-refractivity contribution in [2.24, 2.45) is 0 Å². The molecule has 2 amide bonds. The highest BCUT2D eigenvalue weighted by Gasteiger charge is 2.20. The summed E-state index contributed by atoms with van der Waals surface area (Å²) in [4.78, 5) is 28.2. The number of para-hydroxylation sites is 1. The predicted octanol–water partition coefficient (Wildman–Crippen LogP) is 1.06. The van der Waals surface area contributed by atoms with Crippen LogP contribution in [0.25, 0.3) is 10.9 Å². The van der Waals surface area contributed by atoms with Gasteiger partial charge in [-0.05, 0) is 18.1 Å². The number of rotatable bonds is 3. The maximum absolute atomic E-state index is 12.1. The minimum atomic E-state index is -0.0725. The minimum absolute atomic E-state index is 0.0464. The molecule has 0 aliphatic carbocycles. The zero-order chi connectivity index (χ0) is 13.9. The zero-order valence-electron chi connectivity index (χ0n) is 11.2. The van der Waals surface area contributed by atoms with E-state index in [0.717, 1.165) is 16.5 Å². The first kappa shape index (κ1) is 12.7. The summed E-state index contributed by atoms with van der Waals surface area (Å²) >= 11 is 0. The van der Waals surface area contributed by atoms with Crippen LogP contribution in [0, 0.1) is 0 Å². The highest BCUT2D eigenvalue weighted by Crippen LogP contribution is 2.19. The molecule has 0 unspecified atom stereocenters. The molecule has 5 heteroatoms. The van der Waals surface area contributed by atoms with E-state index in [1.807, 2.05) is 24.4 Å². The van der Waals surface area contributed by atoms with Crippen LogP contribution in [0.15, 0.2) is 30.5 Å². The lowest BCUT2D eigenvalue weighted by Gasteiger charge is -2.26. The first-order valence-electron chi connectivity index (χ1n) is 6.83. The summed E-state index contributed by atoms with van der Waals surface area (Å²) in [5.41, 5.74) is 2.24. The van der Waals surface area contributed by atoms with Gasteiger partial charge in [-0.15, -0.1) is 0 Å². The molecule has 1 aromatic heterocycles. The second kappa shape index (κ2) is 5.36. The summed E-state index contributed by atoms with van der Waals surface area (Å²) in [6.45, 7) is 1.35. The van der Waals surface area contributed by atoms with Crippen molar-refractivity contribution in [1.29, 1.82) is 0 Å². The van der Waals surface area contributed by atoms with E-state index >= 15 is 0 Å². The van der Waals surface area contributed by atoms with Gasteiger partial charge in [-0.1, -0.05) is 18.2 Å². The van der Waals surface area contributed by atoms with Gasteiger partial charge in [-0.2, -0.15) is 0 Å². The molecule has 5 nitrogen and oxygen atoms in total. The molecule has 0 saturated carbocycles. The Morgan fingerprint density at radius 1 is 1.30 bits per heavy atom. The van der Waals surface area contributed by atoms with Crippen LogP contribution in [0.3, 0.4) is 0 Å². The molecule has 0 radical (unpaired) electrons. The highest BCUT2D eigenvalue weighted by atomic mass is 16.2. The molecule has 1 aliphatic rings. The number of nitrogens with zero attached hydrogens (tertiary/aromatic N) is 1. The van der Waals surface area contributed by atoms with E-state index in [0.29, 0.717) is 25.9 Å². The van der Waals surface area contributed by atoms with Crippen LogP contribution >= 0.6 is 0 Å². The van der Waals surface area contributed by atoms with Gasteiger partial charge in [-0.25, -0.2) is 0 Å². The smallest absolute Gasteiger partial charge is 0.239 e. The molecule has 1 saturated heterocycles. The largest absolute Gasteiger partial charge is 0.361 e. The maximum Gasteiger partial charge on any atom is 0.239 e.